The average Bonchev–Trinajstić information content (AvgIpc) is 2.51. The lowest BCUT2D eigenvalue weighted by molar-refractivity contribution is 0.492. The first-order chi connectivity index (χ1) is 10.2. The summed E-state index contributed by atoms with van der Waals surface area (Å²) in [6.45, 7) is 3.07. The standard InChI is InChI=1S/C18H21F2N/c1-2-12-21-18(15-6-4-3-5-7-15)11-9-14-8-10-16(19)17(20)13-14/h3-8,10,13,18,21H,2,9,11-12H2,1H3. The molecule has 0 spiro atoms. The molecule has 1 N–H and O–H groups in total. The highest BCUT2D eigenvalue weighted by atomic mass is 19.2. The van der Waals surface area contributed by atoms with E-state index in [-0.39, 0.29) is 6.04 Å². The molecule has 0 aromatic heterocycles. The fourth-order valence-electron chi connectivity index (χ4n) is 2.40. The summed E-state index contributed by atoms with van der Waals surface area (Å²) in [6.07, 6.45) is 2.64. The van der Waals surface area contributed by atoms with Crippen LogP contribution in [0.4, 0.5) is 8.78 Å². The van der Waals surface area contributed by atoms with Gasteiger partial charge in [-0.15, -0.1) is 0 Å². The van der Waals surface area contributed by atoms with E-state index in [0.717, 1.165) is 24.9 Å². The molecule has 21 heavy (non-hydrogen) atoms. The quantitative estimate of drug-likeness (QED) is 0.783. The Morgan fingerprint density at radius 3 is 2.43 bits per heavy atom. The van der Waals surface area contributed by atoms with Crippen molar-refractivity contribution in [3.8, 4) is 0 Å². The van der Waals surface area contributed by atoms with Gasteiger partial charge in [0.05, 0.1) is 0 Å². The van der Waals surface area contributed by atoms with Gasteiger partial charge in [-0.25, -0.2) is 8.78 Å². The van der Waals surface area contributed by atoms with Crippen LogP contribution in [-0.2, 0) is 6.42 Å². The minimum atomic E-state index is -0.789. The molecule has 3 heteroatoms. The fourth-order valence-corrected chi connectivity index (χ4v) is 2.40. The zero-order valence-corrected chi connectivity index (χ0v) is 12.3. The molecule has 0 amide bonds. The lowest BCUT2D eigenvalue weighted by Crippen LogP contribution is -2.22. The Bertz CT molecular complexity index is 554. The molecule has 0 saturated heterocycles. The highest BCUT2D eigenvalue weighted by molar-refractivity contribution is 5.21. The lowest BCUT2D eigenvalue weighted by atomic mass is 9.98. The first kappa shape index (κ1) is 15.6. The molecule has 0 saturated carbocycles. The van der Waals surface area contributed by atoms with E-state index >= 15 is 0 Å². The second-order valence-corrected chi connectivity index (χ2v) is 5.20. The van der Waals surface area contributed by atoms with E-state index in [1.54, 1.807) is 6.07 Å². The Kier molecular flexibility index (Phi) is 5.88. The fraction of sp³-hybridized carbons (Fsp3) is 0.333. The molecule has 0 aliphatic carbocycles. The van der Waals surface area contributed by atoms with Crippen LogP contribution in [0.5, 0.6) is 0 Å². The minimum Gasteiger partial charge on any atom is -0.310 e. The molecule has 1 unspecified atom stereocenters. The molecule has 112 valence electrons. The van der Waals surface area contributed by atoms with E-state index < -0.39 is 11.6 Å². The molecular weight excluding hydrogens is 268 g/mol. The van der Waals surface area contributed by atoms with Crippen LogP contribution in [0.15, 0.2) is 48.5 Å². The maximum Gasteiger partial charge on any atom is 0.159 e. The van der Waals surface area contributed by atoms with Crippen molar-refractivity contribution in [2.45, 2.75) is 32.2 Å². The van der Waals surface area contributed by atoms with Gasteiger partial charge in [0, 0.05) is 6.04 Å². The van der Waals surface area contributed by atoms with Crippen molar-refractivity contribution in [2.24, 2.45) is 0 Å². The molecule has 0 bridgehead atoms. The van der Waals surface area contributed by atoms with Crippen LogP contribution in [0.25, 0.3) is 0 Å². The summed E-state index contributed by atoms with van der Waals surface area (Å²) in [4.78, 5) is 0. The SMILES string of the molecule is CCCNC(CCc1ccc(F)c(F)c1)c1ccccc1. The molecule has 1 atom stereocenters. The molecule has 0 aliphatic rings. The summed E-state index contributed by atoms with van der Waals surface area (Å²) >= 11 is 0. The third-order valence-corrected chi connectivity index (χ3v) is 3.55. The van der Waals surface area contributed by atoms with Gasteiger partial charge in [-0.05, 0) is 49.1 Å². The first-order valence-electron chi connectivity index (χ1n) is 7.43. The topological polar surface area (TPSA) is 12.0 Å². The van der Waals surface area contributed by atoms with Gasteiger partial charge in [0.15, 0.2) is 11.6 Å². The number of nitrogens with one attached hydrogen (secondary N) is 1. The van der Waals surface area contributed by atoms with Crippen LogP contribution in [0.2, 0.25) is 0 Å². The number of benzene rings is 2. The smallest absolute Gasteiger partial charge is 0.159 e. The molecule has 2 rings (SSSR count). The maximum atomic E-state index is 13.2. The van der Waals surface area contributed by atoms with Crippen molar-refractivity contribution in [2.75, 3.05) is 6.54 Å². The second kappa shape index (κ2) is 7.89. The predicted molar refractivity (Wildman–Crippen MR) is 82.2 cm³/mol. The Morgan fingerprint density at radius 2 is 1.76 bits per heavy atom. The second-order valence-electron chi connectivity index (χ2n) is 5.20. The highest BCUT2D eigenvalue weighted by Crippen LogP contribution is 2.20. The Morgan fingerprint density at radius 1 is 1.00 bits per heavy atom. The van der Waals surface area contributed by atoms with Crippen molar-refractivity contribution in [1.82, 2.24) is 5.32 Å². The number of halogens is 2. The normalized spacial score (nSPS) is 12.3. The van der Waals surface area contributed by atoms with Crippen molar-refractivity contribution in [3.63, 3.8) is 0 Å². The summed E-state index contributed by atoms with van der Waals surface area (Å²) in [5, 5.41) is 3.51. The van der Waals surface area contributed by atoms with Crippen molar-refractivity contribution >= 4 is 0 Å². The van der Waals surface area contributed by atoms with Gasteiger partial charge in [0.1, 0.15) is 0 Å². The molecule has 2 aromatic carbocycles. The molecule has 0 radical (unpaired) electrons. The Balaban J connectivity index is 2.03. The van der Waals surface area contributed by atoms with Crippen LogP contribution >= 0.6 is 0 Å². The molecular formula is C18H21F2N. The van der Waals surface area contributed by atoms with Gasteiger partial charge in [0.25, 0.3) is 0 Å². The van der Waals surface area contributed by atoms with Crippen molar-refractivity contribution in [1.29, 1.82) is 0 Å². The first-order valence-corrected chi connectivity index (χ1v) is 7.43. The van der Waals surface area contributed by atoms with Crippen LogP contribution in [-0.4, -0.2) is 6.54 Å². The van der Waals surface area contributed by atoms with Gasteiger partial charge in [-0.1, -0.05) is 43.3 Å². The molecule has 2 aromatic rings. The summed E-state index contributed by atoms with van der Waals surface area (Å²) < 4.78 is 26.2. The van der Waals surface area contributed by atoms with Gasteiger partial charge in [-0.2, -0.15) is 0 Å². The number of hydrogen-bond donors (Lipinski definition) is 1. The van der Waals surface area contributed by atoms with E-state index in [1.807, 2.05) is 18.2 Å². The van der Waals surface area contributed by atoms with Gasteiger partial charge < -0.3 is 5.32 Å². The Hall–Kier alpha value is -1.74. The summed E-state index contributed by atoms with van der Waals surface area (Å²) in [5.74, 6) is -1.56. The van der Waals surface area contributed by atoms with Gasteiger partial charge >= 0.3 is 0 Å². The minimum absolute atomic E-state index is 0.235. The van der Waals surface area contributed by atoms with E-state index in [2.05, 4.69) is 24.4 Å². The van der Waals surface area contributed by atoms with E-state index in [0.29, 0.717) is 6.42 Å². The lowest BCUT2D eigenvalue weighted by Gasteiger charge is -2.19. The van der Waals surface area contributed by atoms with E-state index in [1.165, 1.54) is 17.7 Å². The summed E-state index contributed by atoms with van der Waals surface area (Å²) in [5.41, 5.74) is 2.06. The third-order valence-electron chi connectivity index (χ3n) is 3.55. The summed E-state index contributed by atoms with van der Waals surface area (Å²) in [6, 6.07) is 14.6. The third kappa shape index (κ3) is 4.64. The summed E-state index contributed by atoms with van der Waals surface area (Å²) in [7, 11) is 0. The zero-order chi connectivity index (χ0) is 15.1. The van der Waals surface area contributed by atoms with Crippen LogP contribution in [0, 0.1) is 11.6 Å². The molecule has 1 nitrogen and oxygen atoms in total. The number of aryl methyl sites for hydroxylation is 1. The van der Waals surface area contributed by atoms with E-state index in [4.69, 9.17) is 0 Å². The van der Waals surface area contributed by atoms with Crippen LogP contribution < -0.4 is 5.32 Å². The highest BCUT2D eigenvalue weighted by Gasteiger charge is 2.11. The van der Waals surface area contributed by atoms with Crippen molar-refractivity contribution < 1.29 is 8.78 Å². The largest absolute Gasteiger partial charge is 0.310 e. The van der Waals surface area contributed by atoms with Gasteiger partial charge in [-0.3, -0.25) is 0 Å². The predicted octanol–water partition coefficient (Wildman–Crippen LogP) is 4.64. The van der Waals surface area contributed by atoms with Crippen molar-refractivity contribution in [3.05, 3.63) is 71.3 Å². The monoisotopic (exact) mass is 289 g/mol. The molecule has 0 fully saturated rings. The van der Waals surface area contributed by atoms with Gasteiger partial charge in [0.2, 0.25) is 0 Å². The van der Waals surface area contributed by atoms with Crippen LogP contribution in [0.1, 0.15) is 36.9 Å². The maximum absolute atomic E-state index is 13.2. The van der Waals surface area contributed by atoms with Crippen LogP contribution in [0.3, 0.4) is 0 Å². The number of hydrogen-bond acceptors (Lipinski definition) is 1. The average molecular weight is 289 g/mol. The van der Waals surface area contributed by atoms with E-state index in [9.17, 15) is 8.78 Å². The molecule has 0 aliphatic heterocycles. The Labute approximate surface area is 125 Å². The number of rotatable bonds is 7. The zero-order valence-electron chi connectivity index (χ0n) is 12.3. The molecule has 0 heterocycles.